The van der Waals surface area contributed by atoms with Crippen LogP contribution in [0.2, 0.25) is 19.1 Å². The van der Waals surface area contributed by atoms with Gasteiger partial charge in [-0.25, -0.2) is 9.37 Å². The molecule has 46 heavy (non-hydrogen) atoms. The summed E-state index contributed by atoms with van der Waals surface area (Å²) in [6, 6.07) is 14.9. The second-order valence-electron chi connectivity index (χ2n) is 15.4. The standard InChI is InChI=1S/C37H50FN5O2Si/c1-37(2,3)24-46(5,6)45-23-25-20-35(39)40-32-22-31(38)30(21-29(25)32)36(44)43-16-8-7-11-34(43)27-10-9-12-33-28(27)15-19-42(33)26-13-17-41(4)18-14-26/h9-10,12,15,19-22,26,34H,7-8,11,13-14,16-18,23-24H2,1-6H3,(H2,39,40). The molecule has 2 N–H and O–H groups in total. The number of anilines is 1. The highest BCUT2D eigenvalue weighted by Crippen LogP contribution is 2.39. The normalized spacial score (nSPS) is 18.9. The van der Waals surface area contributed by atoms with Crippen molar-refractivity contribution in [1.29, 1.82) is 0 Å². The summed E-state index contributed by atoms with van der Waals surface area (Å²) in [6.45, 7) is 14.3. The lowest BCUT2D eigenvalue weighted by molar-refractivity contribution is 0.0608. The van der Waals surface area contributed by atoms with Gasteiger partial charge in [0, 0.05) is 41.1 Å². The van der Waals surface area contributed by atoms with E-state index in [1.54, 1.807) is 12.1 Å². The van der Waals surface area contributed by atoms with Crippen LogP contribution in [0.4, 0.5) is 10.2 Å². The highest BCUT2D eigenvalue weighted by atomic mass is 28.4. The van der Waals surface area contributed by atoms with Crippen LogP contribution in [0.1, 0.15) is 86.4 Å². The third-order valence-corrected chi connectivity index (χ3v) is 12.6. The van der Waals surface area contributed by atoms with Crippen molar-refractivity contribution < 1.29 is 13.6 Å². The van der Waals surface area contributed by atoms with Gasteiger partial charge in [-0.15, -0.1) is 0 Å². The molecule has 0 aliphatic carbocycles. The monoisotopic (exact) mass is 643 g/mol. The van der Waals surface area contributed by atoms with E-state index in [2.05, 4.69) is 85.8 Å². The number of carbonyl (C=O) groups excluding carboxylic acids is 1. The molecule has 1 unspecified atom stereocenters. The quantitative estimate of drug-likeness (QED) is 0.205. The van der Waals surface area contributed by atoms with E-state index < -0.39 is 14.1 Å². The number of rotatable bonds is 7. The van der Waals surface area contributed by atoms with E-state index >= 15 is 4.39 Å². The number of hydrogen-bond donors (Lipinski definition) is 1. The molecule has 6 rings (SSSR count). The Labute approximate surface area is 274 Å². The summed E-state index contributed by atoms with van der Waals surface area (Å²) in [6.07, 6.45) is 7.25. The summed E-state index contributed by atoms with van der Waals surface area (Å²) in [5, 5.41) is 1.90. The average Bonchev–Trinajstić information content (AvgIpc) is 3.43. The minimum absolute atomic E-state index is 0.0782. The van der Waals surface area contributed by atoms with Gasteiger partial charge in [0.25, 0.3) is 5.91 Å². The van der Waals surface area contributed by atoms with Gasteiger partial charge in [-0.3, -0.25) is 4.79 Å². The first-order valence-corrected chi connectivity index (χ1v) is 20.0. The van der Waals surface area contributed by atoms with E-state index in [0.717, 1.165) is 62.4 Å². The van der Waals surface area contributed by atoms with Crippen LogP contribution in [0.25, 0.3) is 21.8 Å². The minimum Gasteiger partial charge on any atom is -0.413 e. The SMILES string of the molecule is CN1CCC(n2ccc3c(C4CCCCN4C(=O)c4cc5c(CO[Si](C)(C)CC(C)(C)C)cc(N)nc5cc4F)cccc32)CC1. The van der Waals surface area contributed by atoms with Crippen molar-refractivity contribution in [3.63, 3.8) is 0 Å². The van der Waals surface area contributed by atoms with Crippen molar-refractivity contribution >= 4 is 41.8 Å². The predicted octanol–water partition coefficient (Wildman–Crippen LogP) is 8.31. The van der Waals surface area contributed by atoms with Crippen LogP contribution < -0.4 is 5.73 Å². The third-order valence-electron chi connectivity index (χ3n) is 9.81. The highest BCUT2D eigenvalue weighted by Gasteiger charge is 2.33. The molecule has 2 aliphatic rings. The number of aromatic nitrogens is 2. The molecule has 246 valence electrons. The zero-order valence-corrected chi connectivity index (χ0v) is 29.4. The number of nitrogen functional groups attached to an aromatic ring is 1. The maximum Gasteiger partial charge on any atom is 0.257 e. The van der Waals surface area contributed by atoms with Crippen molar-refractivity contribution in [2.75, 3.05) is 32.4 Å². The lowest BCUT2D eigenvalue weighted by Crippen LogP contribution is -2.39. The molecule has 9 heteroatoms. The van der Waals surface area contributed by atoms with Crippen LogP contribution in [-0.4, -0.2) is 60.3 Å². The first-order valence-electron chi connectivity index (χ1n) is 16.9. The number of benzene rings is 2. The Morgan fingerprint density at radius 2 is 1.80 bits per heavy atom. The van der Waals surface area contributed by atoms with Gasteiger partial charge in [-0.1, -0.05) is 32.9 Å². The maximum atomic E-state index is 15.8. The molecule has 2 saturated heterocycles. The molecular formula is C37H50FN5O2Si. The number of halogens is 1. The number of nitrogens with two attached hydrogens (primary N) is 1. The van der Waals surface area contributed by atoms with Gasteiger partial charge >= 0.3 is 0 Å². The van der Waals surface area contributed by atoms with Crippen LogP contribution in [0, 0.1) is 11.2 Å². The Bertz CT molecular complexity index is 1740. The fourth-order valence-corrected chi connectivity index (χ4v) is 11.2. The molecule has 1 atom stereocenters. The number of piperidine rings is 2. The molecule has 2 aliphatic heterocycles. The topological polar surface area (TPSA) is 76.6 Å². The first-order chi connectivity index (χ1) is 21.8. The fourth-order valence-electron chi connectivity index (χ4n) is 7.97. The Kier molecular flexibility index (Phi) is 9.04. The van der Waals surface area contributed by atoms with Gasteiger partial charge in [0.1, 0.15) is 11.6 Å². The highest BCUT2D eigenvalue weighted by molar-refractivity contribution is 6.71. The van der Waals surface area contributed by atoms with E-state index in [9.17, 15) is 4.79 Å². The Balaban J connectivity index is 1.32. The van der Waals surface area contributed by atoms with Gasteiger partial charge in [0.2, 0.25) is 0 Å². The van der Waals surface area contributed by atoms with Gasteiger partial charge in [0.15, 0.2) is 8.32 Å². The summed E-state index contributed by atoms with van der Waals surface area (Å²) in [5.41, 5.74) is 10.0. The second kappa shape index (κ2) is 12.7. The molecular weight excluding hydrogens is 594 g/mol. The van der Waals surface area contributed by atoms with E-state index in [1.807, 2.05) is 4.90 Å². The largest absolute Gasteiger partial charge is 0.413 e. The number of carbonyl (C=O) groups is 1. The van der Waals surface area contributed by atoms with Crippen LogP contribution in [0.3, 0.4) is 0 Å². The molecule has 4 aromatic rings. The van der Waals surface area contributed by atoms with Gasteiger partial charge in [-0.2, -0.15) is 0 Å². The average molecular weight is 644 g/mol. The summed E-state index contributed by atoms with van der Waals surface area (Å²) < 4.78 is 24.8. The zero-order valence-electron chi connectivity index (χ0n) is 28.4. The van der Waals surface area contributed by atoms with Crippen molar-refractivity contribution in [1.82, 2.24) is 19.4 Å². The molecule has 2 aromatic heterocycles. The molecule has 7 nitrogen and oxygen atoms in total. The maximum absolute atomic E-state index is 15.8. The molecule has 4 heterocycles. The number of likely N-dealkylation sites (tertiary alicyclic amines) is 2. The first kappa shape index (κ1) is 32.7. The van der Waals surface area contributed by atoms with E-state index in [0.29, 0.717) is 35.9 Å². The summed E-state index contributed by atoms with van der Waals surface area (Å²) >= 11 is 0. The number of fused-ring (bicyclic) bond motifs is 2. The number of hydrogen-bond acceptors (Lipinski definition) is 5. The molecule has 0 saturated carbocycles. The van der Waals surface area contributed by atoms with E-state index in [4.69, 9.17) is 10.2 Å². The second-order valence-corrected chi connectivity index (χ2v) is 19.6. The zero-order chi connectivity index (χ0) is 32.8. The lowest BCUT2D eigenvalue weighted by Gasteiger charge is -2.37. The van der Waals surface area contributed by atoms with Crippen molar-refractivity contribution in [3.05, 3.63) is 71.2 Å². The summed E-state index contributed by atoms with van der Waals surface area (Å²) in [5.74, 6) is -0.529. The van der Waals surface area contributed by atoms with Gasteiger partial charge in [-0.05, 0) is 112 Å². The van der Waals surface area contributed by atoms with Crippen LogP contribution in [0.5, 0.6) is 0 Å². The third kappa shape index (κ3) is 6.87. The molecule has 0 spiro atoms. The number of nitrogens with zero attached hydrogens (tertiary/aromatic N) is 4. The number of pyridine rings is 1. The number of amides is 1. The van der Waals surface area contributed by atoms with Crippen molar-refractivity contribution in [2.24, 2.45) is 5.41 Å². The van der Waals surface area contributed by atoms with E-state index in [-0.39, 0.29) is 22.9 Å². The van der Waals surface area contributed by atoms with Gasteiger partial charge < -0.3 is 24.5 Å². The van der Waals surface area contributed by atoms with Crippen LogP contribution in [0.15, 0.2) is 48.7 Å². The van der Waals surface area contributed by atoms with Crippen molar-refractivity contribution in [2.45, 2.75) is 90.7 Å². The minimum atomic E-state index is -2.00. The molecule has 1 amide bonds. The molecule has 0 bridgehead atoms. The lowest BCUT2D eigenvalue weighted by atomic mass is 9.92. The Morgan fingerprint density at radius 3 is 2.54 bits per heavy atom. The molecule has 2 aromatic carbocycles. The fraction of sp³-hybridized carbons (Fsp3) is 0.514. The predicted molar refractivity (Wildman–Crippen MR) is 188 cm³/mol. The molecule has 2 fully saturated rings. The molecule has 0 radical (unpaired) electrons. The van der Waals surface area contributed by atoms with Crippen molar-refractivity contribution in [3.8, 4) is 0 Å². The summed E-state index contributed by atoms with van der Waals surface area (Å²) in [7, 11) is 0.191. The van der Waals surface area contributed by atoms with Crippen LogP contribution in [-0.2, 0) is 11.0 Å². The smallest absolute Gasteiger partial charge is 0.257 e. The Morgan fingerprint density at radius 1 is 1.04 bits per heavy atom. The Hall–Kier alpha value is -3.27. The van der Waals surface area contributed by atoms with Crippen LogP contribution >= 0.6 is 0 Å². The summed E-state index contributed by atoms with van der Waals surface area (Å²) in [4.78, 5) is 23.0. The van der Waals surface area contributed by atoms with Gasteiger partial charge in [0.05, 0.1) is 23.7 Å². The van der Waals surface area contributed by atoms with E-state index in [1.165, 1.54) is 17.0 Å².